The highest BCUT2D eigenvalue weighted by Crippen LogP contribution is 2.44. The van der Waals surface area contributed by atoms with Crippen molar-refractivity contribution < 1.29 is 18.3 Å². The SMILES string of the molecule is O=C(O)c1cc(S(=O)(=O)NC2CC3CCC2C3)ccc1Br. The number of rotatable bonds is 4. The minimum absolute atomic E-state index is 0.00544. The molecule has 5 nitrogen and oxygen atoms in total. The molecule has 114 valence electrons. The molecule has 3 unspecified atom stereocenters. The predicted octanol–water partition coefficient (Wildman–Crippen LogP) is 2.61. The van der Waals surface area contributed by atoms with Crippen molar-refractivity contribution in [1.29, 1.82) is 0 Å². The Morgan fingerprint density at radius 2 is 2.05 bits per heavy atom. The second kappa shape index (κ2) is 5.37. The molecule has 2 fully saturated rings. The molecule has 0 aromatic heterocycles. The number of nitrogens with one attached hydrogen (secondary N) is 1. The molecule has 2 aliphatic rings. The number of aromatic carboxylic acids is 1. The van der Waals surface area contributed by atoms with Crippen molar-refractivity contribution in [1.82, 2.24) is 4.72 Å². The third-order valence-electron chi connectivity index (χ3n) is 4.52. The van der Waals surface area contributed by atoms with Crippen molar-refractivity contribution in [2.24, 2.45) is 11.8 Å². The van der Waals surface area contributed by atoms with Crippen molar-refractivity contribution >= 4 is 31.9 Å². The van der Waals surface area contributed by atoms with E-state index in [1.807, 2.05) is 0 Å². The number of hydrogen-bond acceptors (Lipinski definition) is 3. The van der Waals surface area contributed by atoms with Crippen LogP contribution in [-0.4, -0.2) is 25.5 Å². The number of sulfonamides is 1. The highest BCUT2D eigenvalue weighted by atomic mass is 79.9. The van der Waals surface area contributed by atoms with E-state index in [9.17, 15) is 13.2 Å². The average Bonchev–Trinajstić information content (AvgIpc) is 3.00. The monoisotopic (exact) mass is 373 g/mol. The van der Waals surface area contributed by atoms with Gasteiger partial charge in [0.25, 0.3) is 0 Å². The molecule has 3 atom stereocenters. The van der Waals surface area contributed by atoms with Gasteiger partial charge in [-0.15, -0.1) is 0 Å². The molecule has 0 spiro atoms. The molecule has 2 aliphatic carbocycles. The van der Waals surface area contributed by atoms with Crippen LogP contribution in [0, 0.1) is 11.8 Å². The number of benzene rings is 1. The summed E-state index contributed by atoms with van der Waals surface area (Å²) in [5, 5.41) is 9.08. The third kappa shape index (κ3) is 2.86. The zero-order valence-electron chi connectivity index (χ0n) is 11.3. The lowest BCUT2D eigenvalue weighted by molar-refractivity contribution is 0.0695. The number of carboxylic acid groups (broad SMARTS) is 1. The Kier molecular flexibility index (Phi) is 3.83. The number of halogens is 1. The van der Waals surface area contributed by atoms with Crippen LogP contribution in [0.2, 0.25) is 0 Å². The molecule has 2 bridgehead atoms. The van der Waals surface area contributed by atoms with Gasteiger partial charge in [0.05, 0.1) is 10.5 Å². The summed E-state index contributed by atoms with van der Waals surface area (Å²) < 4.78 is 28.0. The van der Waals surface area contributed by atoms with Crippen molar-refractivity contribution in [2.45, 2.75) is 36.6 Å². The van der Waals surface area contributed by atoms with Gasteiger partial charge in [-0.1, -0.05) is 6.42 Å². The third-order valence-corrected chi connectivity index (χ3v) is 6.70. The Morgan fingerprint density at radius 3 is 2.62 bits per heavy atom. The maximum atomic E-state index is 12.4. The lowest BCUT2D eigenvalue weighted by Gasteiger charge is -2.22. The van der Waals surface area contributed by atoms with Crippen molar-refractivity contribution in [3.05, 3.63) is 28.2 Å². The zero-order chi connectivity index (χ0) is 15.2. The normalized spacial score (nSPS) is 28.0. The topological polar surface area (TPSA) is 83.5 Å². The molecule has 2 saturated carbocycles. The van der Waals surface area contributed by atoms with Crippen LogP contribution in [0.1, 0.15) is 36.0 Å². The number of fused-ring (bicyclic) bond motifs is 2. The van der Waals surface area contributed by atoms with Gasteiger partial charge in [0.15, 0.2) is 0 Å². The smallest absolute Gasteiger partial charge is 0.336 e. The molecule has 0 heterocycles. The van der Waals surface area contributed by atoms with Crippen LogP contribution in [0.3, 0.4) is 0 Å². The highest BCUT2D eigenvalue weighted by Gasteiger charge is 2.41. The molecule has 0 saturated heterocycles. The Hall–Kier alpha value is -0.920. The fraction of sp³-hybridized carbons (Fsp3) is 0.500. The van der Waals surface area contributed by atoms with Gasteiger partial charge in [-0.2, -0.15) is 0 Å². The number of carboxylic acids is 1. The van der Waals surface area contributed by atoms with Gasteiger partial charge in [-0.25, -0.2) is 17.9 Å². The van der Waals surface area contributed by atoms with Gasteiger partial charge < -0.3 is 5.11 Å². The summed E-state index contributed by atoms with van der Waals surface area (Å²) >= 11 is 3.12. The molecule has 0 radical (unpaired) electrons. The van der Waals surface area contributed by atoms with E-state index < -0.39 is 16.0 Å². The van der Waals surface area contributed by atoms with Crippen LogP contribution in [0.25, 0.3) is 0 Å². The average molecular weight is 374 g/mol. The van der Waals surface area contributed by atoms with E-state index in [0.717, 1.165) is 19.3 Å². The molecule has 1 aromatic carbocycles. The number of carbonyl (C=O) groups is 1. The fourth-order valence-electron chi connectivity index (χ4n) is 3.49. The van der Waals surface area contributed by atoms with E-state index in [1.165, 1.54) is 24.6 Å². The van der Waals surface area contributed by atoms with Crippen LogP contribution >= 0.6 is 15.9 Å². The summed E-state index contributed by atoms with van der Waals surface area (Å²) in [5.41, 5.74) is -0.0502. The molecule has 1 aromatic rings. The predicted molar refractivity (Wildman–Crippen MR) is 80.7 cm³/mol. The van der Waals surface area contributed by atoms with Gasteiger partial charge in [0, 0.05) is 10.5 Å². The van der Waals surface area contributed by atoms with Crippen molar-refractivity contribution in [3.63, 3.8) is 0 Å². The van der Waals surface area contributed by atoms with E-state index in [2.05, 4.69) is 20.7 Å². The molecule has 0 amide bonds. The second-order valence-electron chi connectivity index (χ2n) is 5.85. The van der Waals surface area contributed by atoms with Crippen LogP contribution in [0.15, 0.2) is 27.6 Å². The minimum atomic E-state index is -3.67. The van der Waals surface area contributed by atoms with Crippen LogP contribution in [0.4, 0.5) is 0 Å². The lowest BCUT2D eigenvalue weighted by atomic mass is 9.96. The maximum Gasteiger partial charge on any atom is 0.336 e. The standard InChI is InChI=1S/C14H16BrNO4S/c15-12-4-3-10(7-11(12)14(17)18)21(19,20)16-13-6-8-1-2-9(13)5-8/h3-4,7-9,13,16H,1-2,5-6H2,(H,17,18). The van der Waals surface area contributed by atoms with Crippen LogP contribution in [0.5, 0.6) is 0 Å². The van der Waals surface area contributed by atoms with Crippen molar-refractivity contribution in [3.8, 4) is 0 Å². The Balaban J connectivity index is 1.85. The Morgan fingerprint density at radius 1 is 1.29 bits per heavy atom. The summed E-state index contributed by atoms with van der Waals surface area (Å²) in [5.74, 6) is -0.0831. The second-order valence-corrected chi connectivity index (χ2v) is 8.42. The molecule has 2 N–H and O–H groups in total. The van der Waals surface area contributed by atoms with Crippen LogP contribution < -0.4 is 4.72 Å². The quantitative estimate of drug-likeness (QED) is 0.849. The lowest BCUT2D eigenvalue weighted by Crippen LogP contribution is -2.38. The fourth-order valence-corrected chi connectivity index (χ4v) is 5.25. The van der Waals surface area contributed by atoms with Gasteiger partial charge in [-0.3, -0.25) is 0 Å². The highest BCUT2D eigenvalue weighted by molar-refractivity contribution is 9.10. The molecule has 0 aliphatic heterocycles. The van der Waals surface area contributed by atoms with E-state index in [4.69, 9.17) is 5.11 Å². The summed E-state index contributed by atoms with van der Waals surface area (Å²) in [7, 11) is -3.67. The molecule has 3 rings (SSSR count). The molecular formula is C14H16BrNO4S. The summed E-state index contributed by atoms with van der Waals surface area (Å²) in [4.78, 5) is 11.1. The molecule has 7 heteroatoms. The Bertz CT molecular complexity index is 688. The maximum absolute atomic E-state index is 12.4. The summed E-state index contributed by atoms with van der Waals surface area (Å²) in [6, 6.07) is 4.07. The zero-order valence-corrected chi connectivity index (χ0v) is 13.7. The summed E-state index contributed by atoms with van der Waals surface area (Å²) in [6.07, 6.45) is 4.28. The van der Waals surface area contributed by atoms with Gasteiger partial charge >= 0.3 is 5.97 Å². The van der Waals surface area contributed by atoms with Gasteiger partial charge in [-0.05, 0) is 65.2 Å². The largest absolute Gasteiger partial charge is 0.478 e. The first-order valence-corrected chi connectivity index (χ1v) is 9.19. The van der Waals surface area contributed by atoms with Crippen molar-refractivity contribution in [2.75, 3.05) is 0 Å². The molecular weight excluding hydrogens is 358 g/mol. The number of hydrogen-bond donors (Lipinski definition) is 2. The van der Waals surface area contributed by atoms with E-state index in [0.29, 0.717) is 16.3 Å². The minimum Gasteiger partial charge on any atom is -0.478 e. The Labute approximate surface area is 131 Å². The molecule has 21 heavy (non-hydrogen) atoms. The van der Waals surface area contributed by atoms with Crippen LogP contribution in [-0.2, 0) is 10.0 Å². The van der Waals surface area contributed by atoms with Gasteiger partial charge in [0.1, 0.15) is 0 Å². The van der Waals surface area contributed by atoms with E-state index in [1.54, 1.807) is 0 Å². The van der Waals surface area contributed by atoms with Gasteiger partial charge in [0.2, 0.25) is 10.0 Å². The van der Waals surface area contributed by atoms with E-state index >= 15 is 0 Å². The first-order chi connectivity index (χ1) is 9.87. The summed E-state index contributed by atoms with van der Waals surface area (Å²) in [6.45, 7) is 0. The van der Waals surface area contributed by atoms with E-state index in [-0.39, 0.29) is 16.5 Å². The first kappa shape index (κ1) is 15.0. The first-order valence-electron chi connectivity index (χ1n) is 6.92.